The molecule has 0 aromatic carbocycles. The summed E-state index contributed by atoms with van der Waals surface area (Å²) in [7, 11) is 0. The molecule has 19 heavy (non-hydrogen) atoms. The van der Waals surface area contributed by atoms with E-state index in [1.165, 1.54) is 24.3 Å². The van der Waals surface area contributed by atoms with E-state index in [2.05, 4.69) is 36.3 Å². The van der Waals surface area contributed by atoms with Crippen LogP contribution in [-0.2, 0) is 4.79 Å². The third-order valence-corrected chi connectivity index (χ3v) is 6.01. The van der Waals surface area contributed by atoms with E-state index >= 15 is 0 Å². The maximum Gasteiger partial charge on any atom is 0.132 e. The lowest BCUT2D eigenvalue weighted by atomic mass is 9.97. The summed E-state index contributed by atoms with van der Waals surface area (Å²) >= 11 is 6.25. The second-order valence-corrected chi connectivity index (χ2v) is 7.44. The monoisotopic (exact) mass is 299 g/mol. The van der Waals surface area contributed by atoms with Crippen LogP contribution in [0.4, 0.5) is 0 Å². The van der Waals surface area contributed by atoms with Crippen molar-refractivity contribution in [2.24, 2.45) is 5.92 Å². The van der Waals surface area contributed by atoms with Gasteiger partial charge in [-0.1, -0.05) is 13.0 Å². The fourth-order valence-corrected chi connectivity index (χ4v) is 4.91. The highest BCUT2D eigenvalue weighted by Gasteiger charge is 2.40. The maximum atomic E-state index is 11.6. The van der Waals surface area contributed by atoms with Gasteiger partial charge in [0.15, 0.2) is 0 Å². The predicted molar refractivity (Wildman–Crippen MR) is 87.0 cm³/mol. The van der Waals surface area contributed by atoms with Crippen LogP contribution in [0.25, 0.3) is 0 Å². The van der Waals surface area contributed by atoms with E-state index in [4.69, 9.17) is 0 Å². The number of carbonyl (C=O) groups is 1. The normalized spacial score (nSPS) is 29.3. The lowest BCUT2D eigenvalue weighted by molar-refractivity contribution is -0.119. The van der Waals surface area contributed by atoms with Crippen LogP contribution in [0.15, 0.2) is 12.3 Å². The summed E-state index contributed by atoms with van der Waals surface area (Å²) in [6, 6.07) is 0.650. The molecule has 2 rings (SSSR count). The van der Waals surface area contributed by atoms with Crippen molar-refractivity contribution in [3.8, 4) is 0 Å². The lowest BCUT2D eigenvalue weighted by Crippen LogP contribution is -2.32. The van der Waals surface area contributed by atoms with Crippen LogP contribution in [0.2, 0.25) is 0 Å². The van der Waals surface area contributed by atoms with E-state index < -0.39 is 0 Å². The molecule has 0 spiro atoms. The number of Topliss-reactive ketones (excluding diaryl/α,β-unsaturated/α-hetero) is 1. The third-order valence-electron chi connectivity index (χ3n) is 4.12. The molecule has 0 amide bonds. The van der Waals surface area contributed by atoms with E-state index in [-0.39, 0.29) is 0 Å². The Bertz CT molecular complexity index is 332. The van der Waals surface area contributed by atoms with Gasteiger partial charge in [-0.3, -0.25) is 4.79 Å². The van der Waals surface area contributed by atoms with Crippen molar-refractivity contribution in [1.29, 1.82) is 0 Å². The van der Waals surface area contributed by atoms with Crippen molar-refractivity contribution < 1.29 is 4.79 Å². The zero-order valence-electron chi connectivity index (χ0n) is 11.6. The van der Waals surface area contributed by atoms with Crippen LogP contribution in [0.5, 0.6) is 0 Å². The van der Waals surface area contributed by atoms with Crippen LogP contribution in [-0.4, -0.2) is 28.6 Å². The van der Waals surface area contributed by atoms with Crippen LogP contribution in [0.1, 0.15) is 44.9 Å². The number of thioether (sulfide) groups is 1. The van der Waals surface area contributed by atoms with Crippen molar-refractivity contribution >= 4 is 30.2 Å². The van der Waals surface area contributed by atoms with E-state index in [1.54, 1.807) is 0 Å². The minimum atomic E-state index is 0.415. The maximum absolute atomic E-state index is 11.6. The Morgan fingerprint density at radius 3 is 2.95 bits per heavy atom. The van der Waals surface area contributed by atoms with Gasteiger partial charge in [-0.25, -0.2) is 0 Å². The van der Waals surface area contributed by atoms with Gasteiger partial charge in [-0.2, -0.15) is 24.4 Å². The molecule has 2 heterocycles. The molecule has 1 N–H and O–H groups in total. The first kappa shape index (κ1) is 15.3. The number of ketones is 1. The van der Waals surface area contributed by atoms with E-state index in [0.717, 1.165) is 42.6 Å². The van der Waals surface area contributed by atoms with Crippen molar-refractivity contribution in [1.82, 2.24) is 5.32 Å². The second-order valence-electron chi connectivity index (χ2n) is 5.72. The molecule has 2 nitrogen and oxygen atoms in total. The SMILES string of the molecule is C=C1C[C@H]2CS[C@@H](CCCCC(=O)CCCS)[C@H]2N1. The Hall–Kier alpha value is -0.0900. The van der Waals surface area contributed by atoms with Crippen LogP contribution < -0.4 is 5.32 Å². The summed E-state index contributed by atoms with van der Waals surface area (Å²) in [6.45, 7) is 4.05. The molecule has 4 heteroatoms. The number of hydrogen-bond acceptors (Lipinski definition) is 4. The summed E-state index contributed by atoms with van der Waals surface area (Å²) in [5.41, 5.74) is 1.22. The molecule has 0 aliphatic carbocycles. The Morgan fingerprint density at radius 2 is 2.16 bits per heavy atom. The lowest BCUT2D eigenvalue weighted by Gasteiger charge is -2.18. The van der Waals surface area contributed by atoms with Crippen molar-refractivity contribution in [2.45, 2.75) is 56.2 Å². The van der Waals surface area contributed by atoms with Gasteiger partial charge in [0, 0.05) is 29.8 Å². The predicted octanol–water partition coefficient (Wildman–Crippen LogP) is 3.43. The number of hydrogen-bond donors (Lipinski definition) is 2. The van der Waals surface area contributed by atoms with Crippen molar-refractivity contribution in [3.63, 3.8) is 0 Å². The van der Waals surface area contributed by atoms with Gasteiger partial charge in [0.05, 0.1) is 0 Å². The molecule has 2 aliphatic heterocycles. The zero-order valence-corrected chi connectivity index (χ0v) is 13.3. The molecule has 108 valence electrons. The molecule has 0 saturated carbocycles. The summed E-state index contributed by atoms with van der Waals surface area (Å²) in [5.74, 6) is 3.32. The fraction of sp³-hybridized carbons (Fsp3) is 0.800. The number of allylic oxidation sites excluding steroid dienone is 1. The van der Waals surface area contributed by atoms with E-state index in [0.29, 0.717) is 18.2 Å². The Kier molecular flexibility index (Phi) is 6.14. The summed E-state index contributed by atoms with van der Waals surface area (Å²) < 4.78 is 0. The van der Waals surface area contributed by atoms with Gasteiger partial charge < -0.3 is 5.32 Å². The molecule has 0 radical (unpaired) electrons. The number of fused-ring (bicyclic) bond motifs is 1. The molecule has 2 fully saturated rings. The molecular weight excluding hydrogens is 274 g/mol. The molecule has 0 aromatic heterocycles. The number of unbranched alkanes of at least 4 members (excludes halogenated alkanes) is 1. The molecule has 0 bridgehead atoms. The first-order chi connectivity index (χ1) is 9.20. The van der Waals surface area contributed by atoms with E-state index in [1.807, 2.05) is 0 Å². The second kappa shape index (κ2) is 7.63. The third kappa shape index (κ3) is 4.45. The molecule has 0 aromatic rings. The number of thiol groups is 1. The fourth-order valence-electron chi connectivity index (χ4n) is 3.10. The highest BCUT2D eigenvalue weighted by Crippen LogP contribution is 2.41. The number of rotatable bonds is 8. The van der Waals surface area contributed by atoms with Crippen LogP contribution >= 0.6 is 24.4 Å². The topological polar surface area (TPSA) is 29.1 Å². The summed E-state index contributed by atoms with van der Waals surface area (Å²) in [4.78, 5) is 11.6. The van der Waals surface area contributed by atoms with Gasteiger partial charge in [0.25, 0.3) is 0 Å². The van der Waals surface area contributed by atoms with Gasteiger partial charge in [-0.15, -0.1) is 0 Å². The standard InChI is InChI=1S/C15H25NOS2/c1-11-9-12-10-19-14(15(12)16-11)7-3-2-5-13(17)6-4-8-18/h12,14-16,18H,1-10H2/t12-,14-,15-/m0/s1. The Balaban J connectivity index is 1.59. The zero-order chi connectivity index (χ0) is 13.7. The molecule has 2 aliphatic rings. The van der Waals surface area contributed by atoms with Gasteiger partial charge in [-0.05, 0) is 43.1 Å². The highest BCUT2D eigenvalue weighted by atomic mass is 32.2. The molecular formula is C15H25NOS2. The van der Waals surface area contributed by atoms with E-state index in [9.17, 15) is 4.79 Å². The first-order valence-electron chi connectivity index (χ1n) is 7.39. The van der Waals surface area contributed by atoms with Gasteiger partial charge in [0.2, 0.25) is 0 Å². The molecule has 2 saturated heterocycles. The van der Waals surface area contributed by atoms with Crippen LogP contribution in [0, 0.1) is 5.92 Å². The minimum absolute atomic E-state index is 0.415. The van der Waals surface area contributed by atoms with Gasteiger partial charge >= 0.3 is 0 Å². The smallest absolute Gasteiger partial charge is 0.132 e. The minimum Gasteiger partial charge on any atom is -0.385 e. The van der Waals surface area contributed by atoms with Crippen molar-refractivity contribution in [2.75, 3.05) is 11.5 Å². The summed E-state index contributed by atoms with van der Waals surface area (Å²) in [6.07, 6.45) is 7.05. The highest BCUT2D eigenvalue weighted by molar-refractivity contribution is 8.00. The van der Waals surface area contributed by atoms with Crippen molar-refractivity contribution in [3.05, 3.63) is 12.3 Å². The largest absolute Gasteiger partial charge is 0.385 e. The molecule has 3 atom stereocenters. The Labute approximate surface area is 126 Å². The Morgan fingerprint density at radius 1 is 1.37 bits per heavy atom. The molecule has 0 unspecified atom stereocenters. The van der Waals surface area contributed by atoms with Crippen LogP contribution in [0.3, 0.4) is 0 Å². The summed E-state index contributed by atoms with van der Waals surface area (Å²) in [5, 5.41) is 4.29. The van der Waals surface area contributed by atoms with Gasteiger partial charge in [0.1, 0.15) is 5.78 Å². The number of nitrogens with one attached hydrogen (secondary N) is 1. The number of carbonyl (C=O) groups excluding carboxylic acids is 1. The average molecular weight is 300 g/mol. The average Bonchev–Trinajstić information content (AvgIpc) is 2.92. The quantitative estimate of drug-likeness (QED) is 0.531. The first-order valence-corrected chi connectivity index (χ1v) is 9.07.